The maximum Gasteiger partial charge on any atom is 0.263 e. The highest BCUT2D eigenvalue weighted by molar-refractivity contribution is 7.89. The molecule has 2 aliphatic heterocycles. The van der Waals surface area contributed by atoms with Gasteiger partial charge in [0.15, 0.2) is 10.1 Å². The van der Waals surface area contributed by atoms with Gasteiger partial charge in [-0.1, -0.05) is 48.5 Å². The van der Waals surface area contributed by atoms with Crippen LogP contribution in [0.5, 0.6) is 23.0 Å². The predicted molar refractivity (Wildman–Crippen MR) is 254 cm³/mol. The quantitative estimate of drug-likeness (QED) is 0.118. The molecule has 0 radical (unpaired) electrons. The van der Waals surface area contributed by atoms with E-state index in [1.54, 1.807) is 83.6 Å². The molecule has 0 amide bonds. The Labute approximate surface area is 398 Å². The fourth-order valence-corrected chi connectivity index (χ4v) is 10.7. The lowest BCUT2D eigenvalue weighted by Gasteiger charge is -2.46. The van der Waals surface area contributed by atoms with Gasteiger partial charge >= 0.3 is 0 Å². The number of rotatable bonds is 19. The van der Waals surface area contributed by atoms with E-state index in [2.05, 4.69) is 15.1 Å². The summed E-state index contributed by atoms with van der Waals surface area (Å²) < 4.78 is 92.9. The van der Waals surface area contributed by atoms with Crippen LogP contribution in [0.2, 0.25) is 0 Å². The van der Waals surface area contributed by atoms with Crippen LogP contribution in [0.1, 0.15) is 33.6 Å². The molecular formula is C48H60N8O10S2. The molecule has 0 saturated carbocycles. The van der Waals surface area contributed by atoms with Crippen LogP contribution in [-0.2, 0) is 80.9 Å². The Morgan fingerprint density at radius 3 is 1.07 bits per heavy atom. The molecule has 364 valence electrons. The molecule has 8 rings (SSSR count). The normalized spacial score (nSPS) is 15.3. The molecule has 0 unspecified atom stereocenters. The third-order valence-corrected chi connectivity index (χ3v) is 15.6. The molecule has 68 heavy (non-hydrogen) atoms. The Bertz CT molecular complexity index is 2750. The van der Waals surface area contributed by atoms with Crippen molar-refractivity contribution in [1.82, 2.24) is 33.1 Å². The number of nitrogens with zero attached hydrogens (tertiary/aromatic N) is 7. The van der Waals surface area contributed by atoms with Gasteiger partial charge in [-0.2, -0.15) is 18.8 Å². The van der Waals surface area contributed by atoms with Crippen molar-refractivity contribution in [3.05, 3.63) is 143 Å². The minimum Gasteiger partial charge on any atom is -0.497 e. The van der Waals surface area contributed by atoms with Gasteiger partial charge in [0.2, 0.25) is 0 Å². The SMILES string of the molecule is COc1ccc(CN(Cc2ccc(OC)cc2)S(=O)(=O)c2cc(C3(N(C)C)COC3)n(C)n2)cc1.COc1ccc(CN(Cc2ccc(OC)cc2)S(=O)(=O)c2cc(C3(N)COC3)n(C)n2)cc1. The van der Waals surface area contributed by atoms with E-state index in [0.717, 1.165) is 27.9 Å². The van der Waals surface area contributed by atoms with E-state index in [1.807, 2.05) is 86.9 Å². The third kappa shape index (κ3) is 10.7. The number of aromatic nitrogens is 4. The van der Waals surface area contributed by atoms with Crippen molar-refractivity contribution in [3.63, 3.8) is 0 Å². The van der Waals surface area contributed by atoms with Crippen LogP contribution in [0.25, 0.3) is 0 Å². The predicted octanol–water partition coefficient (Wildman–Crippen LogP) is 4.63. The largest absolute Gasteiger partial charge is 0.497 e. The highest BCUT2D eigenvalue weighted by atomic mass is 32.2. The van der Waals surface area contributed by atoms with Crippen LogP contribution in [0.15, 0.2) is 119 Å². The molecule has 2 N–H and O–H groups in total. The minimum absolute atomic E-state index is 0.0187. The van der Waals surface area contributed by atoms with E-state index >= 15 is 0 Å². The molecule has 0 aliphatic carbocycles. The average molecular weight is 973 g/mol. The molecule has 2 aromatic heterocycles. The van der Waals surface area contributed by atoms with Crippen LogP contribution in [-0.4, -0.2) is 119 Å². The summed E-state index contributed by atoms with van der Waals surface area (Å²) in [7, 11) is 5.91. The van der Waals surface area contributed by atoms with Gasteiger partial charge in [0.1, 0.15) is 34.1 Å². The van der Waals surface area contributed by atoms with E-state index < -0.39 is 31.1 Å². The molecule has 4 heterocycles. The van der Waals surface area contributed by atoms with Crippen LogP contribution < -0.4 is 24.7 Å². The average Bonchev–Trinajstić information content (AvgIpc) is 3.92. The summed E-state index contributed by atoms with van der Waals surface area (Å²) in [5.41, 5.74) is 9.99. The van der Waals surface area contributed by atoms with E-state index in [9.17, 15) is 16.8 Å². The first-order chi connectivity index (χ1) is 32.4. The van der Waals surface area contributed by atoms with E-state index in [-0.39, 0.29) is 36.2 Å². The van der Waals surface area contributed by atoms with E-state index in [0.29, 0.717) is 55.1 Å². The first kappa shape index (κ1) is 50.0. The van der Waals surface area contributed by atoms with Crippen LogP contribution in [0.4, 0.5) is 0 Å². The number of ether oxygens (including phenoxy) is 6. The van der Waals surface area contributed by atoms with Crippen molar-refractivity contribution < 1.29 is 45.3 Å². The first-order valence-corrected chi connectivity index (χ1v) is 24.6. The number of methoxy groups -OCH3 is 4. The molecule has 18 nitrogen and oxygen atoms in total. The van der Waals surface area contributed by atoms with E-state index in [1.165, 1.54) is 13.3 Å². The molecule has 0 bridgehead atoms. The number of hydrogen-bond acceptors (Lipinski definition) is 14. The van der Waals surface area contributed by atoms with Gasteiger partial charge in [0.05, 0.1) is 66.3 Å². The minimum atomic E-state index is -3.93. The Hall–Kier alpha value is -5.84. The maximum absolute atomic E-state index is 13.9. The second kappa shape index (κ2) is 20.8. The highest BCUT2D eigenvalue weighted by Crippen LogP contribution is 2.36. The van der Waals surface area contributed by atoms with Crippen LogP contribution >= 0.6 is 0 Å². The van der Waals surface area contributed by atoms with Gasteiger partial charge in [-0.25, -0.2) is 16.8 Å². The van der Waals surface area contributed by atoms with Crippen molar-refractivity contribution in [2.45, 2.75) is 47.3 Å². The van der Waals surface area contributed by atoms with Crippen molar-refractivity contribution in [2.24, 2.45) is 19.8 Å². The van der Waals surface area contributed by atoms with Gasteiger partial charge in [-0.3, -0.25) is 14.3 Å². The Morgan fingerprint density at radius 2 is 0.824 bits per heavy atom. The fourth-order valence-electron chi connectivity index (χ4n) is 7.89. The number of likely N-dealkylation sites (N-methyl/N-ethyl adjacent to an activating group) is 1. The second-order valence-corrected chi connectivity index (χ2v) is 20.8. The zero-order chi connectivity index (χ0) is 48.9. The summed E-state index contributed by atoms with van der Waals surface area (Å²) in [5.74, 6) is 2.83. The standard InChI is InChI=1S/C25H32N4O5S.C23H28N4O5S/c1-27(2)25(17-34-18-25)23-14-24(26-28(23)3)35(30,31)29(15-19-6-10-21(32-4)11-7-19)16-20-8-12-22(33-5)13-9-20;1-26-21(23(24)15-32-16-23)12-22(25-26)33(28,29)27(13-17-4-8-19(30-2)9-5-17)14-18-6-10-20(31-3)11-7-18/h6-14H,15-18H2,1-5H3;4-12H,13-16,24H2,1-3H3. The summed E-state index contributed by atoms with van der Waals surface area (Å²) in [6.45, 7) is 2.34. The Balaban J connectivity index is 0.000000202. The molecule has 0 spiro atoms. The summed E-state index contributed by atoms with van der Waals surface area (Å²) in [6.07, 6.45) is 0. The van der Waals surface area contributed by atoms with Gasteiger partial charge in [0, 0.05) is 52.4 Å². The van der Waals surface area contributed by atoms with Gasteiger partial charge in [-0.15, -0.1) is 0 Å². The summed E-state index contributed by atoms with van der Waals surface area (Å²) in [5, 5.41) is 8.71. The fraction of sp³-hybridized carbons (Fsp3) is 0.375. The second-order valence-electron chi connectivity index (χ2n) is 17.0. The number of sulfonamides is 2. The number of aryl methyl sites for hydroxylation is 2. The number of nitrogens with two attached hydrogens (primary N) is 1. The zero-order valence-electron chi connectivity index (χ0n) is 39.7. The first-order valence-electron chi connectivity index (χ1n) is 21.7. The van der Waals surface area contributed by atoms with Crippen molar-refractivity contribution in [3.8, 4) is 23.0 Å². The molecular weight excluding hydrogens is 913 g/mol. The molecule has 2 saturated heterocycles. The van der Waals surface area contributed by atoms with Crippen molar-refractivity contribution >= 4 is 20.0 Å². The molecule has 0 atom stereocenters. The summed E-state index contributed by atoms with van der Waals surface area (Å²) in [6, 6.07) is 32.6. The molecule has 2 fully saturated rings. The molecule has 2 aliphatic rings. The summed E-state index contributed by atoms with van der Waals surface area (Å²) >= 11 is 0. The third-order valence-electron chi connectivity index (χ3n) is 12.2. The van der Waals surface area contributed by atoms with Crippen molar-refractivity contribution in [2.75, 3.05) is 69.0 Å². The van der Waals surface area contributed by atoms with E-state index in [4.69, 9.17) is 34.2 Å². The molecule has 20 heteroatoms. The Morgan fingerprint density at radius 1 is 0.529 bits per heavy atom. The monoisotopic (exact) mass is 972 g/mol. The van der Waals surface area contributed by atoms with Gasteiger partial charge in [0.25, 0.3) is 20.0 Å². The molecule has 6 aromatic rings. The van der Waals surface area contributed by atoms with Crippen LogP contribution in [0, 0.1) is 0 Å². The number of benzene rings is 4. The lowest BCUT2D eigenvalue weighted by Crippen LogP contribution is -2.57. The smallest absolute Gasteiger partial charge is 0.263 e. The van der Waals surface area contributed by atoms with Gasteiger partial charge in [-0.05, 0) is 84.9 Å². The number of hydrogen-bond donors (Lipinski definition) is 1. The van der Waals surface area contributed by atoms with Crippen molar-refractivity contribution in [1.29, 1.82) is 0 Å². The maximum atomic E-state index is 13.9. The lowest BCUT2D eigenvalue weighted by molar-refractivity contribution is -0.134. The Kier molecular flexibility index (Phi) is 15.3. The lowest BCUT2D eigenvalue weighted by atomic mass is 9.91. The van der Waals surface area contributed by atoms with Gasteiger partial charge < -0.3 is 34.2 Å². The topological polar surface area (TPSA) is 195 Å². The molecule has 4 aromatic carbocycles. The zero-order valence-corrected chi connectivity index (χ0v) is 41.3. The highest BCUT2D eigenvalue weighted by Gasteiger charge is 2.46. The van der Waals surface area contributed by atoms with Crippen LogP contribution in [0.3, 0.4) is 0 Å². The summed E-state index contributed by atoms with van der Waals surface area (Å²) in [4.78, 5) is 2.05.